The lowest BCUT2D eigenvalue weighted by molar-refractivity contribution is 0.573. The maximum absolute atomic E-state index is 11.9. The Balaban J connectivity index is 0.00000128. The van der Waals surface area contributed by atoms with E-state index < -0.39 is 9.84 Å². The Morgan fingerprint density at radius 3 is 2.81 bits per heavy atom. The van der Waals surface area contributed by atoms with E-state index in [1.807, 2.05) is 0 Å². The molecule has 1 aromatic rings. The minimum atomic E-state index is -3.22. The van der Waals surface area contributed by atoms with E-state index >= 15 is 0 Å². The number of nitrogens with one attached hydrogen (secondary N) is 1. The first kappa shape index (κ1) is 13.4. The largest absolute Gasteiger partial charge is 0.313 e. The Hall–Kier alpha value is -0.650. The van der Waals surface area contributed by atoms with Crippen LogP contribution in [0, 0.1) is 0 Å². The van der Waals surface area contributed by atoms with Crippen LogP contribution in [0.2, 0.25) is 0 Å². The van der Waals surface area contributed by atoms with E-state index in [1.54, 1.807) is 18.2 Å². The van der Waals surface area contributed by atoms with Crippen molar-refractivity contribution in [1.29, 1.82) is 0 Å². The normalized spacial score (nSPS) is 20.4. The number of hydrogen-bond acceptors (Lipinski definition) is 4. The van der Waals surface area contributed by atoms with E-state index in [0.717, 1.165) is 19.4 Å². The van der Waals surface area contributed by atoms with E-state index in [-0.39, 0.29) is 29.2 Å². The third-order valence-corrected chi connectivity index (χ3v) is 4.26. The predicted octanol–water partition coefficient (Wildman–Crippen LogP) is 1.03. The zero-order chi connectivity index (χ0) is 10.7. The van der Waals surface area contributed by atoms with Crippen molar-refractivity contribution in [2.75, 3.05) is 12.3 Å². The molecule has 0 spiro atoms. The average Bonchev–Trinajstić information content (AvgIpc) is 2.71. The zero-order valence-electron chi connectivity index (χ0n) is 8.80. The zero-order valence-corrected chi connectivity index (χ0v) is 10.4. The molecule has 6 heteroatoms. The Morgan fingerprint density at radius 1 is 1.44 bits per heavy atom. The second-order valence-corrected chi connectivity index (χ2v) is 5.72. The smallest absolute Gasteiger partial charge is 0.197 e. The van der Waals surface area contributed by atoms with Gasteiger partial charge >= 0.3 is 0 Å². The van der Waals surface area contributed by atoms with Crippen molar-refractivity contribution < 1.29 is 8.42 Å². The molecular formula is C10H15ClN2O2S. The van der Waals surface area contributed by atoms with Gasteiger partial charge in [-0.15, -0.1) is 12.4 Å². The fraction of sp³-hybridized carbons (Fsp3) is 0.500. The van der Waals surface area contributed by atoms with Crippen molar-refractivity contribution in [1.82, 2.24) is 10.3 Å². The standard InChI is InChI=1S/C10H14N2O2S.ClH/c13-15(14,8-9-4-3-7-11-9)10-5-1-2-6-12-10;/h1-2,5-6,9,11H,3-4,7-8H2;1H. The number of sulfone groups is 1. The maximum Gasteiger partial charge on any atom is 0.197 e. The molecule has 1 aromatic heterocycles. The van der Waals surface area contributed by atoms with Gasteiger partial charge in [-0.25, -0.2) is 13.4 Å². The Kier molecular flexibility index (Phi) is 4.70. The molecule has 16 heavy (non-hydrogen) atoms. The van der Waals surface area contributed by atoms with Crippen molar-refractivity contribution in [3.8, 4) is 0 Å². The molecule has 1 N–H and O–H groups in total. The van der Waals surface area contributed by atoms with Crippen LogP contribution in [0.15, 0.2) is 29.4 Å². The molecule has 90 valence electrons. The Labute approximate surface area is 102 Å². The van der Waals surface area contributed by atoms with Crippen molar-refractivity contribution >= 4 is 22.2 Å². The highest BCUT2D eigenvalue weighted by molar-refractivity contribution is 7.91. The van der Waals surface area contributed by atoms with Crippen LogP contribution in [0.5, 0.6) is 0 Å². The first-order valence-corrected chi connectivity index (χ1v) is 6.71. The van der Waals surface area contributed by atoms with E-state index in [1.165, 1.54) is 6.20 Å². The van der Waals surface area contributed by atoms with Gasteiger partial charge in [0.25, 0.3) is 0 Å². The lowest BCUT2D eigenvalue weighted by Gasteiger charge is -2.09. The summed E-state index contributed by atoms with van der Waals surface area (Å²) in [5.74, 6) is 0.157. The number of hydrogen-bond donors (Lipinski definition) is 1. The summed E-state index contributed by atoms with van der Waals surface area (Å²) >= 11 is 0. The second-order valence-electron chi connectivity index (χ2n) is 3.74. The molecule has 0 aromatic carbocycles. The van der Waals surface area contributed by atoms with E-state index in [4.69, 9.17) is 0 Å². The average molecular weight is 263 g/mol. The summed E-state index contributed by atoms with van der Waals surface area (Å²) in [7, 11) is -3.22. The summed E-state index contributed by atoms with van der Waals surface area (Å²) in [4.78, 5) is 3.88. The van der Waals surface area contributed by atoms with Crippen molar-refractivity contribution in [2.24, 2.45) is 0 Å². The molecule has 0 aliphatic carbocycles. The van der Waals surface area contributed by atoms with Gasteiger partial charge in [-0.05, 0) is 31.5 Å². The van der Waals surface area contributed by atoms with Crippen LogP contribution in [0.25, 0.3) is 0 Å². The van der Waals surface area contributed by atoms with E-state index in [2.05, 4.69) is 10.3 Å². The Morgan fingerprint density at radius 2 is 2.25 bits per heavy atom. The number of pyridine rings is 1. The molecule has 1 saturated heterocycles. The molecule has 1 fully saturated rings. The van der Waals surface area contributed by atoms with E-state index in [9.17, 15) is 8.42 Å². The van der Waals surface area contributed by atoms with Crippen LogP contribution in [0.1, 0.15) is 12.8 Å². The van der Waals surface area contributed by atoms with E-state index in [0.29, 0.717) is 0 Å². The van der Waals surface area contributed by atoms with Gasteiger partial charge in [0.1, 0.15) is 0 Å². The second kappa shape index (κ2) is 5.61. The van der Waals surface area contributed by atoms with Gasteiger partial charge in [-0.2, -0.15) is 0 Å². The van der Waals surface area contributed by atoms with Gasteiger partial charge in [0.15, 0.2) is 14.9 Å². The third kappa shape index (κ3) is 3.17. The first-order chi connectivity index (χ1) is 7.18. The fourth-order valence-electron chi connectivity index (χ4n) is 1.78. The molecule has 1 atom stereocenters. The maximum atomic E-state index is 11.9. The minimum absolute atomic E-state index is 0. The molecule has 1 aliphatic heterocycles. The molecule has 0 radical (unpaired) electrons. The van der Waals surface area contributed by atoms with Crippen molar-refractivity contribution in [3.05, 3.63) is 24.4 Å². The number of rotatable bonds is 3. The lowest BCUT2D eigenvalue weighted by atomic mass is 10.3. The van der Waals surface area contributed by atoms with Gasteiger partial charge < -0.3 is 5.32 Å². The minimum Gasteiger partial charge on any atom is -0.313 e. The summed E-state index contributed by atoms with van der Waals surface area (Å²) in [5.41, 5.74) is 0. The number of halogens is 1. The van der Waals surface area contributed by atoms with Crippen molar-refractivity contribution in [2.45, 2.75) is 23.9 Å². The molecule has 0 saturated carbocycles. The summed E-state index contributed by atoms with van der Waals surface area (Å²) in [6, 6.07) is 5.05. The van der Waals surface area contributed by atoms with Gasteiger partial charge in [0.2, 0.25) is 0 Å². The summed E-state index contributed by atoms with van der Waals surface area (Å²) in [6.07, 6.45) is 3.50. The van der Waals surface area contributed by atoms with Gasteiger partial charge in [0, 0.05) is 12.2 Å². The lowest BCUT2D eigenvalue weighted by Crippen LogP contribution is -2.30. The molecular weight excluding hydrogens is 248 g/mol. The molecule has 0 bridgehead atoms. The third-order valence-electron chi connectivity index (χ3n) is 2.54. The van der Waals surface area contributed by atoms with Crippen LogP contribution < -0.4 is 5.32 Å². The SMILES string of the molecule is Cl.O=S(=O)(CC1CCCN1)c1ccccn1. The summed E-state index contributed by atoms with van der Waals surface area (Å²) < 4.78 is 23.8. The molecule has 2 rings (SSSR count). The van der Waals surface area contributed by atoms with Crippen LogP contribution in [-0.4, -0.2) is 31.7 Å². The molecule has 4 nitrogen and oxygen atoms in total. The molecule has 1 aliphatic rings. The van der Waals surface area contributed by atoms with Crippen molar-refractivity contribution in [3.63, 3.8) is 0 Å². The summed E-state index contributed by atoms with van der Waals surface area (Å²) in [6.45, 7) is 0.919. The molecule has 0 amide bonds. The summed E-state index contributed by atoms with van der Waals surface area (Å²) in [5, 5.41) is 3.35. The Bertz CT molecular complexity index is 416. The highest BCUT2D eigenvalue weighted by Gasteiger charge is 2.24. The fourth-order valence-corrected chi connectivity index (χ4v) is 3.27. The van der Waals surface area contributed by atoms with Gasteiger partial charge in [-0.3, -0.25) is 0 Å². The highest BCUT2D eigenvalue weighted by Crippen LogP contribution is 2.13. The van der Waals surface area contributed by atoms with Crippen LogP contribution in [0.4, 0.5) is 0 Å². The first-order valence-electron chi connectivity index (χ1n) is 5.06. The van der Waals surface area contributed by atoms with Crippen LogP contribution in [-0.2, 0) is 9.84 Å². The molecule has 1 unspecified atom stereocenters. The quantitative estimate of drug-likeness (QED) is 0.884. The number of aromatic nitrogens is 1. The van der Waals surface area contributed by atoms with Gasteiger partial charge in [-0.1, -0.05) is 6.07 Å². The topological polar surface area (TPSA) is 59.1 Å². The number of nitrogens with zero attached hydrogens (tertiary/aromatic N) is 1. The highest BCUT2D eigenvalue weighted by atomic mass is 35.5. The predicted molar refractivity (Wildman–Crippen MR) is 64.6 cm³/mol. The monoisotopic (exact) mass is 262 g/mol. The molecule has 2 heterocycles. The van der Waals surface area contributed by atoms with Gasteiger partial charge in [0.05, 0.1) is 5.75 Å². The van der Waals surface area contributed by atoms with Crippen LogP contribution >= 0.6 is 12.4 Å². The van der Waals surface area contributed by atoms with Crippen LogP contribution in [0.3, 0.4) is 0 Å².